The number of amides is 1. The molecule has 1 unspecified atom stereocenters. The van der Waals surface area contributed by atoms with Crippen LogP contribution in [-0.4, -0.2) is 10.5 Å². The van der Waals surface area contributed by atoms with E-state index in [0.717, 1.165) is 15.9 Å². The predicted molar refractivity (Wildman–Crippen MR) is 148 cm³/mol. The molecule has 2 heterocycles. The molecular weight excluding hydrogens is 546 g/mol. The van der Waals surface area contributed by atoms with Crippen LogP contribution in [0.5, 0.6) is 0 Å². The smallest absolute Gasteiger partial charge is 0.274 e. The maximum absolute atomic E-state index is 14.4. The van der Waals surface area contributed by atoms with Gasteiger partial charge in [-0.05, 0) is 53.6 Å². The molecule has 3 N–H and O–H groups in total. The molecule has 0 saturated heterocycles. The molecule has 1 aromatic heterocycles. The molecule has 0 aliphatic carbocycles. The van der Waals surface area contributed by atoms with E-state index in [1.54, 1.807) is 60.7 Å². The summed E-state index contributed by atoms with van der Waals surface area (Å²) in [5, 5.41) is 13.7. The summed E-state index contributed by atoms with van der Waals surface area (Å²) in [5.41, 5.74) is 7.22. The number of fused-ring (bicyclic) bond motifs is 1. The lowest BCUT2D eigenvalue weighted by Gasteiger charge is -2.25. The molecule has 0 saturated carbocycles. The van der Waals surface area contributed by atoms with Gasteiger partial charge in [0.15, 0.2) is 0 Å². The molecule has 5 rings (SSSR count). The van der Waals surface area contributed by atoms with E-state index < -0.39 is 23.2 Å². The Bertz CT molecular complexity index is 1840. The summed E-state index contributed by atoms with van der Waals surface area (Å²) in [6, 6.07) is 21.3. The number of para-hydroxylation sites is 1. The highest BCUT2D eigenvalue weighted by Gasteiger charge is 2.35. The van der Waals surface area contributed by atoms with E-state index in [0.29, 0.717) is 21.2 Å². The summed E-state index contributed by atoms with van der Waals surface area (Å²) < 4.78 is 16.1. The molecule has 1 atom stereocenters. The van der Waals surface area contributed by atoms with Crippen molar-refractivity contribution in [3.63, 3.8) is 0 Å². The van der Waals surface area contributed by atoms with Crippen LogP contribution in [0, 0.1) is 17.1 Å². The van der Waals surface area contributed by atoms with E-state index in [-0.39, 0.29) is 31.8 Å². The lowest BCUT2D eigenvalue weighted by Crippen LogP contribution is -2.40. The van der Waals surface area contributed by atoms with Crippen molar-refractivity contribution in [2.45, 2.75) is 5.92 Å². The third kappa shape index (κ3) is 4.63. The minimum Gasteiger partial charge on any atom is -0.384 e. The number of nitrogens with zero attached hydrogens (tertiary/aromatic N) is 2. The molecule has 4 aromatic rings. The fraction of sp³-hybridized carbons (Fsp3) is 0.0357. The fourth-order valence-electron chi connectivity index (χ4n) is 4.22. The van der Waals surface area contributed by atoms with Crippen LogP contribution >= 0.6 is 34.5 Å². The van der Waals surface area contributed by atoms with Crippen LogP contribution in [0.15, 0.2) is 83.2 Å². The topological polar surface area (TPSA) is 101 Å². The number of rotatable bonds is 4. The van der Waals surface area contributed by atoms with Crippen molar-refractivity contribution in [1.29, 1.82) is 5.26 Å². The van der Waals surface area contributed by atoms with E-state index in [1.807, 2.05) is 0 Å². The molecule has 10 heteroatoms. The van der Waals surface area contributed by atoms with Gasteiger partial charge in [0.25, 0.3) is 11.5 Å². The summed E-state index contributed by atoms with van der Waals surface area (Å²) >= 11 is 13.1. The summed E-state index contributed by atoms with van der Waals surface area (Å²) in [5.74, 6) is -2.31. The molecule has 6 nitrogen and oxygen atoms in total. The van der Waals surface area contributed by atoms with Crippen LogP contribution in [-0.2, 0) is 4.79 Å². The van der Waals surface area contributed by atoms with Crippen LogP contribution in [0.2, 0.25) is 10.0 Å². The molecule has 3 aromatic carbocycles. The molecule has 1 aliphatic rings. The Morgan fingerprint density at radius 3 is 2.32 bits per heavy atom. The number of aromatic nitrogens is 1. The van der Waals surface area contributed by atoms with Gasteiger partial charge in [-0.15, -0.1) is 11.3 Å². The number of carbonyl (C=O) groups is 1. The number of halogens is 3. The monoisotopic (exact) mass is 562 g/mol. The van der Waals surface area contributed by atoms with Crippen molar-refractivity contribution in [2.24, 2.45) is 5.73 Å². The van der Waals surface area contributed by atoms with Crippen molar-refractivity contribution < 1.29 is 9.18 Å². The first-order valence-electron chi connectivity index (χ1n) is 11.2. The number of anilines is 1. The van der Waals surface area contributed by atoms with Gasteiger partial charge in [0.1, 0.15) is 16.3 Å². The molecule has 0 bridgehead atoms. The Morgan fingerprint density at radius 1 is 1.05 bits per heavy atom. The van der Waals surface area contributed by atoms with Crippen molar-refractivity contribution in [3.8, 4) is 6.07 Å². The maximum Gasteiger partial charge on any atom is 0.274 e. The van der Waals surface area contributed by atoms with Gasteiger partial charge < -0.3 is 11.1 Å². The average molecular weight is 563 g/mol. The first kappa shape index (κ1) is 25.5. The van der Waals surface area contributed by atoms with Gasteiger partial charge >= 0.3 is 0 Å². The molecule has 0 radical (unpaired) electrons. The molecule has 38 heavy (non-hydrogen) atoms. The second kappa shape index (κ2) is 10.3. The Morgan fingerprint density at radius 2 is 1.68 bits per heavy atom. The number of nitrogens with two attached hydrogens (primary N) is 1. The largest absolute Gasteiger partial charge is 0.384 e. The zero-order valence-electron chi connectivity index (χ0n) is 19.4. The zero-order valence-corrected chi connectivity index (χ0v) is 21.7. The summed E-state index contributed by atoms with van der Waals surface area (Å²) in [7, 11) is 0. The highest BCUT2D eigenvalue weighted by molar-refractivity contribution is 7.07. The van der Waals surface area contributed by atoms with Gasteiger partial charge in [-0.3, -0.25) is 14.2 Å². The van der Waals surface area contributed by atoms with Crippen LogP contribution in [0.4, 0.5) is 10.1 Å². The molecule has 0 fully saturated rings. The number of hydrogen-bond donors (Lipinski definition) is 2. The number of carbonyl (C=O) groups excluding carboxylic acids is 1. The molecule has 188 valence electrons. The highest BCUT2D eigenvalue weighted by Crippen LogP contribution is 2.37. The van der Waals surface area contributed by atoms with Crippen molar-refractivity contribution in [1.82, 2.24) is 4.57 Å². The van der Waals surface area contributed by atoms with E-state index >= 15 is 0 Å². The van der Waals surface area contributed by atoms with Crippen LogP contribution in [0.3, 0.4) is 0 Å². The fourth-order valence-corrected chi connectivity index (χ4v) is 5.65. The van der Waals surface area contributed by atoms with E-state index in [4.69, 9.17) is 28.9 Å². The third-order valence-corrected chi connectivity index (χ3v) is 7.62. The normalized spacial score (nSPS) is 15.3. The summed E-state index contributed by atoms with van der Waals surface area (Å²) in [6.07, 6.45) is 1.65. The number of thiazole rings is 1. The van der Waals surface area contributed by atoms with E-state index in [2.05, 4.69) is 11.4 Å². The highest BCUT2D eigenvalue weighted by atomic mass is 35.5. The van der Waals surface area contributed by atoms with Crippen molar-refractivity contribution in [2.75, 3.05) is 5.32 Å². The minimum absolute atomic E-state index is 0.0106. The second-order valence-corrected chi connectivity index (χ2v) is 10.3. The Hall–Kier alpha value is -4.16. The van der Waals surface area contributed by atoms with Crippen LogP contribution in [0.1, 0.15) is 17.0 Å². The van der Waals surface area contributed by atoms with E-state index in [9.17, 15) is 19.2 Å². The number of nitrogens with one attached hydrogen (secondary N) is 1. The molecule has 0 spiro atoms. The lowest BCUT2D eigenvalue weighted by atomic mass is 9.83. The molecular formula is C28H17Cl2FN4O2S. The first-order chi connectivity index (χ1) is 18.3. The van der Waals surface area contributed by atoms with E-state index in [1.165, 1.54) is 18.2 Å². The third-order valence-electron chi connectivity index (χ3n) is 6.01. The quantitative estimate of drug-likeness (QED) is 0.384. The van der Waals surface area contributed by atoms with Crippen LogP contribution in [0.25, 0.3) is 17.5 Å². The van der Waals surface area contributed by atoms with Gasteiger partial charge in [-0.1, -0.05) is 59.6 Å². The van der Waals surface area contributed by atoms with Gasteiger partial charge in [-0.25, -0.2) is 4.39 Å². The number of nitriles is 1. The maximum atomic E-state index is 14.4. The summed E-state index contributed by atoms with van der Waals surface area (Å²) in [4.78, 5) is 27.3. The van der Waals surface area contributed by atoms with Gasteiger partial charge in [0.05, 0.1) is 33.4 Å². The predicted octanol–water partition coefficient (Wildman–Crippen LogP) is 4.42. The molecule has 1 amide bonds. The van der Waals surface area contributed by atoms with Crippen LogP contribution < -0.4 is 25.8 Å². The van der Waals surface area contributed by atoms with Gasteiger partial charge in [0.2, 0.25) is 0 Å². The number of hydrogen-bond acceptors (Lipinski definition) is 5. The standard InChI is InChI=1S/C28H17Cl2FN4O2S/c29-17-9-5-15(6-10-17)13-22-27(37)35-25(33)19(14-32)23(16-7-11-18(30)12-8-16)24(28(35)38-22)26(36)34-21-4-2-1-3-20(21)31/h1-13,23H,33H2,(H,34,36)/b22-13-. The van der Waals surface area contributed by atoms with Crippen molar-refractivity contribution in [3.05, 3.63) is 125 Å². The zero-order chi connectivity index (χ0) is 27.0. The lowest BCUT2D eigenvalue weighted by molar-refractivity contribution is -0.111. The second-order valence-electron chi connectivity index (χ2n) is 8.35. The Kier molecular flexibility index (Phi) is 6.91. The Balaban J connectivity index is 1.81. The first-order valence-corrected chi connectivity index (χ1v) is 12.8. The SMILES string of the molecule is N#CC1=C(N)n2c(s/c(=C\c3ccc(Cl)cc3)c2=O)=C(C(=O)Nc2ccccc2F)C1c1ccc(Cl)cc1. The Labute approximate surface area is 230 Å². The van der Waals surface area contributed by atoms with Crippen molar-refractivity contribution >= 4 is 63.6 Å². The average Bonchev–Trinajstić information content (AvgIpc) is 3.22. The molecule has 1 aliphatic heterocycles. The summed E-state index contributed by atoms with van der Waals surface area (Å²) in [6.45, 7) is 0. The number of benzene rings is 3. The van der Waals surface area contributed by atoms with Gasteiger partial charge in [0, 0.05) is 10.0 Å². The minimum atomic E-state index is -0.925. The number of allylic oxidation sites excluding steroid dienone is 1. The van der Waals surface area contributed by atoms with Gasteiger partial charge in [-0.2, -0.15) is 5.26 Å².